The second kappa shape index (κ2) is 3.53. The van der Waals surface area contributed by atoms with Gasteiger partial charge in [-0.1, -0.05) is 6.07 Å². The minimum absolute atomic E-state index is 0.195. The molecule has 2 aromatic rings. The van der Waals surface area contributed by atoms with E-state index in [2.05, 4.69) is 10.1 Å². The molecule has 0 spiro atoms. The van der Waals surface area contributed by atoms with E-state index in [4.69, 9.17) is 5.11 Å². The van der Waals surface area contributed by atoms with Gasteiger partial charge in [0.2, 0.25) is 0 Å². The highest BCUT2D eigenvalue weighted by Gasteiger charge is 2.13. The largest absolute Gasteiger partial charge is 0.478 e. The Balaban J connectivity index is 2.52. The highest BCUT2D eigenvalue weighted by molar-refractivity contribution is 5.88. The fraction of sp³-hybridized carbons (Fsp3) is 0.100. The van der Waals surface area contributed by atoms with Crippen molar-refractivity contribution < 1.29 is 9.90 Å². The van der Waals surface area contributed by atoms with Crippen LogP contribution in [0.3, 0.4) is 0 Å². The normalized spacial score (nSPS) is 10.2. The molecule has 0 radical (unpaired) electrons. The Hall–Kier alpha value is -2.17. The molecule has 2 heterocycles. The summed E-state index contributed by atoms with van der Waals surface area (Å²) in [6, 6.07) is 5.38. The first-order valence-corrected chi connectivity index (χ1v) is 4.39. The van der Waals surface area contributed by atoms with Crippen molar-refractivity contribution in [1.29, 1.82) is 0 Å². The summed E-state index contributed by atoms with van der Waals surface area (Å²) in [4.78, 5) is 14.9. The SMILES string of the molecule is Cc1c(C(=O)O)cnn1-c1ccccn1. The van der Waals surface area contributed by atoms with Crippen molar-refractivity contribution in [2.24, 2.45) is 0 Å². The number of carboxylic acid groups (broad SMARTS) is 1. The van der Waals surface area contributed by atoms with E-state index in [1.807, 2.05) is 6.07 Å². The zero-order valence-electron chi connectivity index (χ0n) is 8.08. The van der Waals surface area contributed by atoms with Gasteiger partial charge in [-0.15, -0.1) is 0 Å². The molecule has 0 aliphatic carbocycles. The number of carboxylic acids is 1. The van der Waals surface area contributed by atoms with Gasteiger partial charge in [-0.05, 0) is 19.1 Å². The molecule has 2 aromatic heterocycles. The number of pyridine rings is 1. The minimum atomic E-state index is -0.977. The molecule has 0 saturated heterocycles. The Labute approximate surface area is 86.0 Å². The van der Waals surface area contributed by atoms with Gasteiger partial charge in [-0.3, -0.25) is 0 Å². The molecule has 2 rings (SSSR count). The third-order valence-corrected chi connectivity index (χ3v) is 2.11. The van der Waals surface area contributed by atoms with Gasteiger partial charge in [0.05, 0.1) is 11.9 Å². The summed E-state index contributed by atoms with van der Waals surface area (Å²) in [7, 11) is 0. The lowest BCUT2D eigenvalue weighted by Gasteiger charge is -2.02. The van der Waals surface area contributed by atoms with Crippen LogP contribution in [0.4, 0.5) is 0 Å². The maximum atomic E-state index is 10.8. The lowest BCUT2D eigenvalue weighted by molar-refractivity contribution is 0.0696. The number of hydrogen-bond donors (Lipinski definition) is 1. The molecule has 0 aliphatic rings. The predicted octanol–water partition coefficient (Wildman–Crippen LogP) is 1.27. The summed E-state index contributed by atoms with van der Waals surface area (Å²) >= 11 is 0. The number of rotatable bonds is 2. The smallest absolute Gasteiger partial charge is 0.339 e. The third-order valence-electron chi connectivity index (χ3n) is 2.11. The Morgan fingerprint density at radius 2 is 2.27 bits per heavy atom. The first-order chi connectivity index (χ1) is 7.20. The molecule has 0 fully saturated rings. The summed E-state index contributed by atoms with van der Waals surface area (Å²) in [6.07, 6.45) is 2.96. The third kappa shape index (κ3) is 1.59. The van der Waals surface area contributed by atoms with E-state index in [1.54, 1.807) is 25.3 Å². The molecule has 0 aliphatic heterocycles. The lowest BCUT2D eigenvalue weighted by atomic mass is 10.3. The Bertz CT molecular complexity index is 491. The van der Waals surface area contributed by atoms with Crippen molar-refractivity contribution in [3.8, 4) is 5.82 Å². The van der Waals surface area contributed by atoms with E-state index in [1.165, 1.54) is 10.9 Å². The van der Waals surface area contributed by atoms with Crippen LogP contribution in [-0.4, -0.2) is 25.8 Å². The van der Waals surface area contributed by atoms with Crippen LogP contribution in [-0.2, 0) is 0 Å². The zero-order valence-corrected chi connectivity index (χ0v) is 8.08. The standard InChI is InChI=1S/C10H9N3O2/c1-7-8(10(14)15)6-12-13(7)9-4-2-3-5-11-9/h2-6H,1H3,(H,14,15). The van der Waals surface area contributed by atoms with Crippen molar-refractivity contribution >= 4 is 5.97 Å². The monoisotopic (exact) mass is 203 g/mol. The molecule has 0 atom stereocenters. The predicted molar refractivity (Wildman–Crippen MR) is 53.1 cm³/mol. The molecule has 0 bridgehead atoms. The molecule has 1 N–H and O–H groups in total. The molecule has 5 nitrogen and oxygen atoms in total. The molecule has 5 heteroatoms. The van der Waals surface area contributed by atoms with Crippen LogP contribution >= 0.6 is 0 Å². The number of hydrogen-bond acceptors (Lipinski definition) is 3. The van der Waals surface area contributed by atoms with Crippen LogP contribution in [0, 0.1) is 6.92 Å². The van der Waals surface area contributed by atoms with Crippen molar-refractivity contribution in [1.82, 2.24) is 14.8 Å². The fourth-order valence-corrected chi connectivity index (χ4v) is 1.33. The van der Waals surface area contributed by atoms with E-state index in [-0.39, 0.29) is 5.56 Å². The topological polar surface area (TPSA) is 68.0 Å². The summed E-state index contributed by atoms with van der Waals surface area (Å²) in [6.45, 7) is 1.70. The lowest BCUT2D eigenvalue weighted by Crippen LogP contribution is -2.03. The van der Waals surface area contributed by atoms with Gasteiger partial charge in [-0.25, -0.2) is 14.5 Å². The van der Waals surface area contributed by atoms with E-state index < -0.39 is 5.97 Å². The summed E-state index contributed by atoms with van der Waals surface area (Å²) in [5.74, 6) is -0.364. The highest BCUT2D eigenvalue weighted by atomic mass is 16.4. The molecular weight excluding hydrogens is 194 g/mol. The first-order valence-electron chi connectivity index (χ1n) is 4.39. The number of carbonyl (C=O) groups is 1. The average molecular weight is 203 g/mol. The van der Waals surface area contributed by atoms with Crippen molar-refractivity contribution in [3.05, 3.63) is 41.9 Å². The van der Waals surface area contributed by atoms with Crippen LogP contribution < -0.4 is 0 Å². The van der Waals surface area contributed by atoms with E-state index in [0.717, 1.165) is 0 Å². The highest BCUT2D eigenvalue weighted by Crippen LogP contribution is 2.11. The van der Waals surface area contributed by atoms with Crippen molar-refractivity contribution in [2.45, 2.75) is 6.92 Å². The van der Waals surface area contributed by atoms with E-state index in [9.17, 15) is 4.79 Å². The molecule has 0 unspecified atom stereocenters. The average Bonchev–Trinajstić information content (AvgIpc) is 2.61. The van der Waals surface area contributed by atoms with Crippen LogP contribution in [0.2, 0.25) is 0 Å². The van der Waals surface area contributed by atoms with Gasteiger partial charge in [0.25, 0.3) is 0 Å². The van der Waals surface area contributed by atoms with Gasteiger partial charge in [0, 0.05) is 6.20 Å². The Morgan fingerprint density at radius 1 is 1.47 bits per heavy atom. The number of nitrogens with zero attached hydrogens (tertiary/aromatic N) is 3. The molecule has 15 heavy (non-hydrogen) atoms. The quantitative estimate of drug-likeness (QED) is 0.798. The maximum Gasteiger partial charge on any atom is 0.339 e. The molecule has 0 aromatic carbocycles. The van der Waals surface area contributed by atoms with Gasteiger partial charge in [-0.2, -0.15) is 5.10 Å². The van der Waals surface area contributed by atoms with Gasteiger partial charge < -0.3 is 5.11 Å². The maximum absolute atomic E-state index is 10.8. The van der Waals surface area contributed by atoms with Crippen LogP contribution in [0.5, 0.6) is 0 Å². The van der Waals surface area contributed by atoms with Gasteiger partial charge >= 0.3 is 5.97 Å². The second-order valence-electron chi connectivity index (χ2n) is 3.05. The Morgan fingerprint density at radius 3 is 2.80 bits per heavy atom. The van der Waals surface area contributed by atoms with Gasteiger partial charge in [0.1, 0.15) is 5.56 Å². The second-order valence-corrected chi connectivity index (χ2v) is 3.05. The van der Waals surface area contributed by atoms with Crippen molar-refractivity contribution in [2.75, 3.05) is 0 Å². The summed E-state index contributed by atoms with van der Waals surface area (Å²) in [5.41, 5.74) is 0.766. The van der Waals surface area contributed by atoms with E-state index in [0.29, 0.717) is 11.5 Å². The van der Waals surface area contributed by atoms with Crippen LogP contribution in [0.15, 0.2) is 30.6 Å². The zero-order chi connectivity index (χ0) is 10.8. The number of aromatic carboxylic acids is 1. The summed E-state index contributed by atoms with van der Waals surface area (Å²) in [5, 5.41) is 12.8. The Kier molecular flexibility index (Phi) is 2.21. The molecular formula is C10H9N3O2. The minimum Gasteiger partial charge on any atom is -0.478 e. The first kappa shape index (κ1) is 9.39. The molecule has 0 saturated carbocycles. The van der Waals surface area contributed by atoms with Crippen molar-refractivity contribution in [3.63, 3.8) is 0 Å². The van der Waals surface area contributed by atoms with Gasteiger partial charge in [0.15, 0.2) is 5.82 Å². The van der Waals surface area contributed by atoms with Crippen LogP contribution in [0.25, 0.3) is 5.82 Å². The fourth-order valence-electron chi connectivity index (χ4n) is 1.33. The van der Waals surface area contributed by atoms with E-state index >= 15 is 0 Å². The molecule has 76 valence electrons. The number of aromatic nitrogens is 3. The molecule has 0 amide bonds. The van der Waals surface area contributed by atoms with Crippen LogP contribution in [0.1, 0.15) is 16.1 Å². The summed E-state index contributed by atoms with van der Waals surface area (Å²) < 4.78 is 1.50.